The van der Waals surface area contributed by atoms with Crippen LogP contribution in [0, 0.1) is 0 Å². The summed E-state index contributed by atoms with van der Waals surface area (Å²) in [5.74, 6) is 0.571. The molecule has 3 aromatic rings. The van der Waals surface area contributed by atoms with Crippen molar-refractivity contribution in [2.75, 3.05) is 13.7 Å². The zero-order valence-corrected chi connectivity index (χ0v) is 18.8. The molecule has 8 nitrogen and oxygen atoms in total. The van der Waals surface area contributed by atoms with Crippen LogP contribution in [0.15, 0.2) is 39.9 Å². The van der Waals surface area contributed by atoms with Gasteiger partial charge in [-0.05, 0) is 49.4 Å². The van der Waals surface area contributed by atoms with E-state index < -0.39 is 11.2 Å². The number of amides is 1. The van der Waals surface area contributed by atoms with Crippen molar-refractivity contribution in [2.45, 2.75) is 52.1 Å². The average molecular weight is 437 g/mol. The predicted octanol–water partition coefficient (Wildman–Crippen LogP) is 3.21. The summed E-state index contributed by atoms with van der Waals surface area (Å²) in [5, 5.41) is 0.168. The minimum absolute atomic E-state index is 0.0293. The first kappa shape index (κ1) is 21.8. The monoisotopic (exact) mass is 436 g/mol. The van der Waals surface area contributed by atoms with E-state index in [2.05, 4.69) is 9.97 Å². The molecule has 8 heteroatoms. The Balaban J connectivity index is 1.87. The van der Waals surface area contributed by atoms with Crippen LogP contribution < -0.4 is 16.0 Å². The summed E-state index contributed by atoms with van der Waals surface area (Å²) in [6, 6.07) is 9.34. The number of fused-ring (bicyclic) bond motifs is 1. The Morgan fingerprint density at radius 1 is 1.25 bits per heavy atom. The molecule has 1 aliphatic heterocycles. The number of aromatic nitrogens is 3. The van der Waals surface area contributed by atoms with Gasteiger partial charge < -0.3 is 9.64 Å². The molecule has 168 valence electrons. The van der Waals surface area contributed by atoms with Gasteiger partial charge in [-0.1, -0.05) is 26.0 Å². The second-order valence-electron chi connectivity index (χ2n) is 8.38. The van der Waals surface area contributed by atoms with Gasteiger partial charge in [-0.2, -0.15) is 0 Å². The Bertz CT molecular complexity index is 1270. The van der Waals surface area contributed by atoms with E-state index in [0.29, 0.717) is 24.3 Å². The lowest BCUT2D eigenvalue weighted by molar-refractivity contribution is 0.0737. The molecule has 1 N–H and O–H groups in total. The van der Waals surface area contributed by atoms with Gasteiger partial charge in [-0.3, -0.25) is 19.1 Å². The van der Waals surface area contributed by atoms with Gasteiger partial charge in [0.15, 0.2) is 5.65 Å². The van der Waals surface area contributed by atoms with Crippen molar-refractivity contribution < 1.29 is 9.53 Å². The number of H-pyrrole nitrogens is 1. The van der Waals surface area contributed by atoms with Crippen molar-refractivity contribution >= 4 is 16.9 Å². The summed E-state index contributed by atoms with van der Waals surface area (Å²) in [5.41, 5.74) is 1.15. The van der Waals surface area contributed by atoms with Crippen LogP contribution in [0.5, 0.6) is 5.75 Å². The first-order valence-electron chi connectivity index (χ1n) is 11.0. The van der Waals surface area contributed by atoms with E-state index in [4.69, 9.17) is 4.74 Å². The van der Waals surface area contributed by atoms with Gasteiger partial charge in [0.1, 0.15) is 5.75 Å². The van der Waals surface area contributed by atoms with Gasteiger partial charge >= 0.3 is 5.69 Å². The van der Waals surface area contributed by atoms with Crippen molar-refractivity contribution in [3.63, 3.8) is 0 Å². The zero-order valence-electron chi connectivity index (χ0n) is 18.8. The van der Waals surface area contributed by atoms with Crippen LogP contribution in [-0.4, -0.2) is 39.0 Å². The molecule has 0 saturated carbocycles. The first-order chi connectivity index (χ1) is 15.3. The molecule has 1 saturated heterocycles. The number of ether oxygens (including phenoxy) is 1. The second-order valence-corrected chi connectivity index (χ2v) is 8.38. The van der Waals surface area contributed by atoms with Gasteiger partial charge in [0.25, 0.3) is 11.5 Å². The highest BCUT2D eigenvalue weighted by Crippen LogP contribution is 2.35. The lowest BCUT2D eigenvalue weighted by atomic mass is 10.0. The summed E-state index contributed by atoms with van der Waals surface area (Å²) in [6.45, 7) is 6.69. The molecule has 0 bridgehead atoms. The van der Waals surface area contributed by atoms with E-state index in [1.54, 1.807) is 13.2 Å². The Kier molecular flexibility index (Phi) is 5.86. The van der Waals surface area contributed by atoms with E-state index in [1.165, 1.54) is 4.57 Å². The summed E-state index contributed by atoms with van der Waals surface area (Å²) < 4.78 is 6.66. The smallest absolute Gasteiger partial charge is 0.329 e. The number of carbonyl (C=O) groups is 1. The van der Waals surface area contributed by atoms with Crippen LogP contribution in [0.3, 0.4) is 0 Å². The highest BCUT2D eigenvalue weighted by Gasteiger charge is 2.32. The Hall–Kier alpha value is -3.42. The molecule has 3 heterocycles. The minimum Gasteiger partial charge on any atom is -0.497 e. The summed E-state index contributed by atoms with van der Waals surface area (Å²) >= 11 is 0. The number of nitrogens with zero attached hydrogens (tertiary/aromatic N) is 3. The third kappa shape index (κ3) is 3.70. The topological polar surface area (TPSA) is 97.3 Å². The fraction of sp³-hybridized carbons (Fsp3) is 0.417. The average Bonchev–Trinajstić information content (AvgIpc) is 3.28. The Labute approximate surface area is 185 Å². The number of hydrogen-bond acceptors (Lipinski definition) is 5. The quantitative estimate of drug-likeness (QED) is 0.662. The van der Waals surface area contributed by atoms with E-state index in [-0.39, 0.29) is 28.9 Å². The molecule has 1 aliphatic rings. The number of carbonyl (C=O) groups excluding carboxylic acids is 1. The molecular formula is C24H28N4O4. The van der Waals surface area contributed by atoms with Crippen LogP contribution in [0.4, 0.5) is 0 Å². The van der Waals surface area contributed by atoms with Crippen molar-refractivity contribution in [1.29, 1.82) is 0 Å². The summed E-state index contributed by atoms with van der Waals surface area (Å²) in [7, 11) is 1.62. The van der Waals surface area contributed by atoms with Gasteiger partial charge in [0.2, 0.25) is 0 Å². The van der Waals surface area contributed by atoms with E-state index in [1.807, 2.05) is 49.9 Å². The van der Waals surface area contributed by atoms with Crippen molar-refractivity contribution in [1.82, 2.24) is 19.4 Å². The number of aromatic amines is 1. The SMILES string of the molecule is CCn1c(=O)[nH]c(=O)c2c(C(=O)N3CCCC3c3ccc(OC)cc3)cc(C(C)C)nc21. The van der Waals surface area contributed by atoms with E-state index in [0.717, 1.165) is 24.2 Å². The molecule has 0 radical (unpaired) electrons. The largest absolute Gasteiger partial charge is 0.497 e. The maximum absolute atomic E-state index is 13.8. The second kappa shape index (κ2) is 8.61. The third-order valence-electron chi connectivity index (χ3n) is 6.12. The van der Waals surface area contributed by atoms with Crippen LogP contribution in [0.1, 0.15) is 67.2 Å². The number of methoxy groups -OCH3 is 1. The lowest BCUT2D eigenvalue weighted by Gasteiger charge is -2.26. The molecule has 1 amide bonds. The number of rotatable bonds is 5. The van der Waals surface area contributed by atoms with Gasteiger partial charge in [-0.15, -0.1) is 0 Å². The highest BCUT2D eigenvalue weighted by atomic mass is 16.5. The standard InChI is InChI=1S/C24H28N4O4/c1-5-27-21-20(22(29)26-24(27)31)17(13-18(25-21)14(2)3)23(30)28-12-6-7-19(28)15-8-10-16(32-4)11-9-15/h8-11,13-14,19H,5-7,12H2,1-4H3,(H,26,29,31). The van der Waals surface area contributed by atoms with Crippen molar-refractivity contribution in [3.05, 3.63) is 68.0 Å². The van der Waals surface area contributed by atoms with Gasteiger partial charge in [0, 0.05) is 18.8 Å². The molecule has 1 unspecified atom stereocenters. The molecular weight excluding hydrogens is 408 g/mol. The first-order valence-corrected chi connectivity index (χ1v) is 11.0. The number of nitrogens with one attached hydrogen (secondary N) is 1. The van der Waals surface area contributed by atoms with E-state index >= 15 is 0 Å². The highest BCUT2D eigenvalue weighted by molar-refractivity contribution is 6.05. The summed E-state index contributed by atoms with van der Waals surface area (Å²) in [6.07, 6.45) is 1.71. The van der Waals surface area contributed by atoms with E-state index in [9.17, 15) is 14.4 Å². The number of pyridine rings is 1. The van der Waals surface area contributed by atoms with Gasteiger partial charge in [-0.25, -0.2) is 9.78 Å². The van der Waals surface area contributed by atoms with Crippen LogP contribution >= 0.6 is 0 Å². The molecule has 2 aromatic heterocycles. The van der Waals surface area contributed by atoms with Crippen LogP contribution in [0.2, 0.25) is 0 Å². The minimum atomic E-state index is -0.582. The summed E-state index contributed by atoms with van der Waals surface area (Å²) in [4.78, 5) is 47.7. The maximum Gasteiger partial charge on any atom is 0.329 e. The number of aryl methyl sites for hydroxylation is 1. The fourth-order valence-corrected chi connectivity index (χ4v) is 4.39. The van der Waals surface area contributed by atoms with Crippen molar-refractivity contribution in [2.24, 2.45) is 0 Å². The Morgan fingerprint density at radius 2 is 1.97 bits per heavy atom. The predicted molar refractivity (Wildman–Crippen MR) is 122 cm³/mol. The van der Waals surface area contributed by atoms with Crippen molar-refractivity contribution in [3.8, 4) is 5.75 Å². The van der Waals surface area contributed by atoms with Crippen LogP contribution in [0.25, 0.3) is 11.0 Å². The molecule has 1 atom stereocenters. The number of hydrogen-bond donors (Lipinski definition) is 1. The molecule has 1 fully saturated rings. The zero-order chi connectivity index (χ0) is 23.0. The fourth-order valence-electron chi connectivity index (χ4n) is 4.39. The maximum atomic E-state index is 13.8. The molecule has 4 rings (SSSR count). The number of likely N-dealkylation sites (tertiary alicyclic amines) is 1. The molecule has 32 heavy (non-hydrogen) atoms. The lowest BCUT2D eigenvalue weighted by Crippen LogP contribution is -2.35. The molecule has 0 aliphatic carbocycles. The molecule has 1 aromatic carbocycles. The number of benzene rings is 1. The normalized spacial score (nSPS) is 16.2. The Morgan fingerprint density at radius 3 is 2.59 bits per heavy atom. The van der Waals surface area contributed by atoms with Gasteiger partial charge in [0.05, 0.1) is 24.1 Å². The third-order valence-corrected chi connectivity index (χ3v) is 6.12. The van der Waals surface area contributed by atoms with Crippen LogP contribution in [-0.2, 0) is 6.54 Å². The molecule has 0 spiro atoms.